The summed E-state index contributed by atoms with van der Waals surface area (Å²) in [6, 6.07) is 6.08. The molecule has 3 N–H and O–H groups in total. The molecule has 1 unspecified atom stereocenters. The predicted molar refractivity (Wildman–Crippen MR) is 93.9 cm³/mol. The maximum Gasteiger partial charge on any atom is 0.225 e. The molecule has 0 saturated heterocycles. The summed E-state index contributed by atoms with van der Waals surface area (Å²) in [4.78, 5) is 14.3. The summed E-state index contributed by atoms with van der Waals surface area (Å²) < 4.78 is 0. The van der Waals surface area contributed by atoms with Gasteiger partial charge in [0.15, 0.2) is 0 Å². The predicted octanol–water partition coefficient (Wildman–Crippen LogP) is 2.98. The van der Waals surface area contributed by atoms with E-state index in [0.29, 0.717) is 18.2 Å². The number of nitrogens with one attached hydrogen (secondary N) is 1. The van der Waals surface area contributed by atoms with Crippen molar-refractivity contribution in [1.29, 1.82) is 0 Å². The number of carbonyl (C=O) groups is 1. The molecule has 21 heavy (non-hydrogen) atoms. The van der Waals surface area contributed by atoms with Crippen molar-refractivity contribution >= 4 is 29.0 Å². The third-order valence-corrected chi connectivity index (χ3v) is 4.48. The number of nitrogens with zero attached hydrogens (tertiary/aromatic N) is 1. The molecule has 0 fully saturated rings. The van der Waals surface area contributed by atoms with Crippen molar-refractivity contribution in [3.63, 3.8) is 0 Å². The van der Waals surface area contributed by atoms with Crippen LogP contribution in [-0.4, -0.2) is 42.4 Å². The first-order chi connectivity index (χ1) is 9.95. The largest absolute Gasteiger partial charge is 0.398 e. The van der Waals surface area contributed by atoms with Gasteiger partial charge in [-0.15, -0.1) is 0 Å². The van der Waals surface area contributed by atoms with Crippen LogP contribution in [0.4, 0.5) is 11.4 Å². The minimum Gasteiger partial charge on any atom is -0.398 e. The molecule has 5 heteroatoms. The van der Waals surface area contributed by atoms with Gasteiger partial charge in [0.05, 0.1) is 0 Å². The fraction of sp³-hybridized carbons (Fsp3) is 0.562. The van der Waals surface area contributed by atoms with Crippen LogP contribution in [0.3, 0.4) is 0 Å². The molecule has 0 aromatic heterocycles. The second-order valence-electron chi connectivity index (χ2n) is 5.43. The van der Waals surface area contributed by atoms with Gasteiger partial charge in [0.2, 0.25) is 5.91 Å². The van der Waals surface area contributed by atoms with Crippen LogP contribution in [0.25, 0.3) is 0 Å². The van der Waals surface area contributed by atoms with Gasteiger partial charge in [-0.25, -0.2) is 0 Å². The van der Waals surface area contributed by atoms with E-state index in [9.17, 15) is 4.79 Å². The summed E-state index contributed by atoms with van der Waals surface area (Å²) in [5.41, 5.74) is 8.27. The molecule has 1 rings (SSSR count). The Kier molecular flexibility index (Phi) is 7.61. The van der Waals surface area contributed by atoms with Crippen LogP contribution in [0.2, 0.25) is 0 Å². The first kappa shape index (κ1) is 17.9. The molecular weight excluding hydrogens is 282 g/mol. The van der Waals surface area contributed by atoms with Crippen molar-refractivity contribution < 1.29 is 4.79 Å². The summed E-state index contributed by atoms with van der Waals surface area (Å²) >= 11 is 1.86. The average molecular weight is 309 g/mol. The van der Waals surface area contributed by atoms with Crippen LogP contribution in [0.5, 0.6) is 0 Å². The lowest BCUT2D eigenvalue weighted by atomic mass is 10.1. The molecule has 0 aliphatic carbocycles. The van der Waals surface area contributed by atoms with Gasteiger partial charge in [0.1, 0.15) is 0 Å². The van der Waals surface area contributed by atoms with Crippen molar-refractivity contribution in [3.8, 4) is 0 Å². The highest BCUT2D eigenvalue weighted by Gasteiger charge is 2.11. The standard InChI is InChI=1S/C16H27N3OS/c1-12(9-11-21-4)19(3)10-8-16(20)18-15-7-5-6-14(17)13(15)2/h5-7,12H,8-11,17H2,1-4H3,(H,18,20). The lowest BCUT2D eigenvalue weighted by Gasteiger charge is -2.24. The monoisotopic (exact) mass is 309 g/mol. The number of rotatable bonds is 8. The fourth-order valence-corrected chi connectivity index (χ4v) is 2.59. The van der Waals surface area contributed by atoms with Crippen molar-refractivity contribution in [1.82, 2.24) is 4.90 Å². The Morgan fingerprint density at radius 2 is 2.19 bits per heavy atom. The van der Waals surface area contributed by atoms with E-state index >= 15 is 0 Å². The SMILES string of the molecule is CSCCC(C)N(C)CCC(=O)Nc1cccc(N)c1C. The third-order valence-electron chi connectivity index (χ3n) is 3.83. The Hall–Kier alpha value is -1.20. The zero-order chi connectivity index (χ0) is 15.8. The van der Waals surface area contributed by atoms with Gasteiger partial charge in [-0.3, -0.25) is 4.79 Å². The highest BCUT2D eigenvalue weighted by molar-refractivity contribution is 7.98. The Balaban J connectivity index is 2.42. The highest BCUT2D eigenvalue weighted by Crippen LogP contribution is 2.20. The minimum atomic E-state index is 0.0348. The average Bonchev–Trinajstić information content (AvgIpc) is 2.47. The van der Waals surface area contributed by atoms with Gasteiger partial charge < -0.3 is 16.0 Å². The van der Waals surface area contributed by atoms with Gasteiger partial charge in [-0.05, 0) is 57.0 Å². The summed E-state index contributed by atoms with van der Waals surface area (Å²) in [7, 11) is 2.07. The number of hydrogen-bond donors (Lipinski definition) is 2. The van der Waals surface area contributed by atoms with E-state index in [-0.39, 0.29) is 5.91 Å². The molecule has 4 nitrogen and oxygen atoms in total. The zero-order valence-corrected chi connectivity index (χ0v) is 14.3. The normalized spacial score (nSPS) is 12.4. The second-order valence-corrected chi connectivity index (χ2v) is 6.41. The molecule has 1 amide bonds. The van der Waals surface area contributed by atoms with Crippen LogP contribution in [0, 0.1) is 6.92 Å². The fourth-order valence-electron chi connectivity index (χ4n) is 2.01. The molecule has 0 aliphatic heterocycles. The van der Waals surface area contributed by atoms with Crippen molar-refractivity contribution in [2.45, 2.75) is 32.7 Å². The van der Waals surface area contributed by atoms with Crippen LogP contribution < -0.4 is 11.1 Å². The molecule has 118 valence electrons. The number of anilines is 2. The van der Waals surface area contributed by atoms with Gasteiger partial charge in [-0.1, -0.05) is 6.07 Å². The van der Waals surface area contributed by atoms with E-state index in [1.54, 1.807) is 0 Å². The van der Waals surface area contributed by atoms with E-state index in [4.69, 9.17) is 5.73 Å². The summed E-state index contributed by atoms with van der Waals surface area (Å²) in [5.74, 6) is 1.19. The Labute approximate surface area is 132 Å². The smallest absolute Gasteiger partial charge is 0.225 e. The van der Waals surface area contributed by atoms with Gasteiger partial charge in [0.25, 0.3) is 0 Å². The topological polar surface area (TPSA) is 58.4 Å². The number of hydrogen-bond acceptors (Lipinski definition) is 4. The number of carbonyl (C=O) groups excluding carboxylic acids is 1. The molecule has 0 spiro atoms. The van der Waals surface area contributed by atoms with E-state index < -0.39 is 0 Å². The number of benzene rings is 1. The molecule has 0 heterocycles. The Morgan fingerprint density at radius 1 is 1.48 bits per heavy atom. The van der Waals surface area contributed by atoms with Crippen LogP contribution >= 0.6 is 11.8 Å². The first-order valence-corrected chi connectivity index (χ1v) is 8.69. The maximum atomic E-state index is 12.0. The van der Waals surface area contributed by atoms with Gasteiger partial charge in [0, 0.05) is 30.4 Å². The van der Waals surface area contributed by atoms with Gasteiger partial charge in [-0.2, -0.15) is 11.8 Å². The van der Waals surface area contributed by atoms with E-state index in [2.05, 4.69) is 30.4 Å². The summed E-state index contributed by atoms with van der Waals surface area (Å²) in [5, 5.41) is 2.94. The van der Waals surface area contributed by atoms with Crippen LogP contribution in [0.15, 0.2) is 18.2 Å². The number of thioether (sulfide) groups is 1. The molecular formula is C16H27N3OS. The van der Waals surface area contributed by atoms with Crippen molar-refractivity contribution in [2.75, 3.05) is 36.7 Å². The van der Waals surface area contributed by atoms with Gasteiger partial charge >= 0.3 is 0 Å². The van der Waals surface area contributed by atoms with Crippen LogP contribution in [0.1, 0.15) is 25.3 Å². The zero-order valence-electron chi connectivity index (χ0n) is 13.5. The Bertz CT molecular complexity index is 465. The molecule has 0 saturated carbocycles. The lowest BCUT2D eigenvalue weighted by Crippen LogP contribution is -2.32. The molecule has 0 aliphatic rings. The lowest BCUT2D eigenvalue weighted by molar-refractivity contribution is -0.116. The highest BCUT2D eigenvalue weighted by atomic mass is 32.2. The molecule has 0 radical (unpaired) electrons. The third kappa shape index (κ3) is 5.98. The molecule has 1 atom stereocenters. The molecule has 1 aromatic carbocycles. The van der Waals surface area contributed by atoms with E-state index in [1.165, 1.54) is 0 Å². The number of nitrogens with two attached hydrogens (primary N) is 1. The maximum absolute atomic E-state index is 12.0. The van der Waals surface area contributed by atoms with E-state index in [0.717, 1.165) is 30.0 Å². The Morgan fingerprint density at radius 3 is 2.86 bits per heavy atom. The van der Waals surface area contributed by atoms with Crippen molar-refractivity contribution in [2.24, 2.45) is 0 Å². The number of amides is 1. The second kappa shape index (κ2) is 8.95. The summed E-state index contributed by atoms with van der Waals surface area (Å²) in [6.07, 6.45) is 3.76. The molecule has 1 aromatic rings. The quantitative estimate of drug-likeness (QED) is 0.725. The number of nitrogen functional groups attached to an aromatic ring is 1. The minimum absolute atomic E-state index is 0.0348. The first-order valence-electron chi connectivity index (χ1n) is 7.29. The van der Waals surface area contributed by atoms with E-state index in [1.807, 2.05) is 36.9 Å². The van der Waals surface area contributed by atoms with Crippen LogP contribution in [-0.2, 0) is 4.79 Å². The van der Waals surface area contributed by atoms with Crippen molar-refractivity contribution in [3.05, 3.63) is 23.8 Å². The molecule has 0 bridgehead atoms. The summed E-state index contributed by atoms with van der Waals surface area (Å²) in [6.45, 7) is 4.89.